The lowest BCUT2D eigenvalue weighted by molar-refractivity contribution is 0.242. The summed E-state index contributed by atoms with van der Waals surface area (Å²) < 4.78 is 5.61. The molecule has 0 bridgehead atoms. The Bertz CT molecular complexity index is 348. The van der Waals surface area contributed by atoms with Crippen molar-refractivity contribution in [1.29, 1.82) is 0 Å². The minimum absolute atomic E-state index is 0.754. The van der Waals surface area contributed by atoms with Crippen LogP contribution in [0, 0.1) is 0 Å². The summed E-state index contributed by atoms with van der Waals surface area (Å²) in [6.45, 7) is 5.57. The molecule has 0 saturated carbocycles. The average Bonchev–Trinajstić information content (AvgIpc) is 2.75. The lowest BCUT2D eigenvalue weighted by atomic mass is 10.2. The maximum atomic E-state index is 5.61. The summed E-state index contributed by atoms with van der Waals surface area (Å²) >= 11 is 0. The zero-order valence-corrected chi connectivity index (χ0v) is 9.72. The molecule has 3 heteroatoms. The molecule has 0 aliphatic carbocycles. The highest BCUT2D eigenvalue weighted by Gasteiger charge is 2.17. The number of hydrogen-bond donors (Lipinski definition) is 0. The Kier molecular flexibility index (Phi) is 3.81. The van der Waals surface area contributed by atoms with E-state index in [0.717, 1.165) is 38.7 Å². The number of nitrogens with zero attached hydrogens (tertiary/aromatic N) is 2. The molecule has 0 aromatic heterocycles. The Morgan fingerprint density at radius 1 is 1.31 bits per heavy atom. The van der Waals surface area contributed by atoms with Crippen molar-refractivity contribution in [3.63, 3.8) is 0 Å². The molecule has 1 aromatic carbocycles. The van der Waals surface area contributed by atoms with Crippen LogP contribution in [-0.4, -0.2) is 30.6 Å². The van der Waals surface area contributed by atoms with Crippen LogP contribution in [0.1, 0.15) is 18.9 Å². The van der Waals surface area contributed by atoms with Gasteiger partial charge >= 0.3 is 0 Å². The summed E-state index contributed by atoms with van der Waals surface area (Å²) in [4.78, 5) is 6.57. The molecule has 0 amide bonds. The third kappa shape index (κ3) is 2.75. The van der Waals surface area contributed by atoms with Crippen molar-refractivity contribution in [2.45, 2.75) is 19.9 Å². The van der Waals surface area contributed by atoms with E-state index in [1.165, 1.54) is 5.56 Å². The minimum Gasteiger partial charge on any atom is -0.465 e. The van der Waals surface area contributed by atoms with Gasteiger partial charge in [0.2, 0.25) is 0 Å². The Labute approximate surface area is 96.7 Å². The highest BCUT2D eigenvalue weighted by atomic mass is 16.5. The fourth-order valence-corrected chi connectivity index (χ4v) is 1.74. The predicted molar refractivity (Wildman–Crippen MR) is 65.4 cm³/mol. The van der Waals surface area contributed by atoms with E-state index in [9.17, 15) is 0 Å². The van der Waals surface area contributed by atoms with Gasteiger partial charge in [0.1, 0.15) is 0 Å². The summed E-state index contributed by atoms with van der Waals surface area (Å²) in [5.74, 6) is 0. The quantitative estimate of drug-likeness (QED) is 0.774. The molecule has 1 heterocycles. The summed E-state index contributed by atoms with van der Waals surface area (Å²) in [6.07, 6.45) is 1.03. The van der Waals surface area contributed by atoms with E-state index in [4.69, 9.17) is 4.74 Å². The topological polar surface area (TPSA) is 24.8 Å². The molecular formula is C13H18N2O. The fraction of sp³-hybridized carbons (Fsp3) is 0.462. The van der Waals surface area contributed by atoms with Gasteiger partial charge in [-0.1, -0.05) is 37.3 Å². The standard InChI is InChI=1S/C13H18N2O/c1-2-10-16-13-14-8-9-15(13)11-12-6-4-3-5-7-12/h3-7H,2,8-11H2,1H3. The molecule has 1 aliphatic rings. The van der Waals surface area contributed by atoms with E-state index in [2.05, 4.69) is 41.1 Å². The second-order valence-electron chi connectivity index (χ2n) is 3.92. The zero-order valence-electron chi connectivity index (χ0n) is 9.72. The van der Waals surface area contributed by atoms with Gasteiger partial charge in [-0.25, -0.2) is 4.99 Å². The number of rotatable bonds is 4. The Morgan fingerprint density at radius 2 is 2.12 bits per heavy atom. The first-order chi connectivity index (χ1) is 7.90. The van der Waals surface area contributed by atoms with Crippen LogP contribution in [0.15, 0.2) is 35.3 Å². The molecular weight excluding hydrogens is 200 g/mol. The normalized spacial score (nSPS) is 15.1. The van der Waals surface area contributed by atoms with Crippen LogP contribution in [0.3, 0.4) is 0 Å². The lowest BCUT2D eigenvalue weighted by Crippen LogP contribution is -2.29. The minimum atomic E-state index is 0.754. The summed E-state index contributed by atoms with van der Waals surface area (Å²) in [7, 11) is 0. The van der Waals surface area contributed by atoms with Crippen LogP contribution in [0.2, 0.25) is 0 Å². The van der Waals surface area contributed by atoms with Gasteiger partial charge in [0.25, 0.3) is 6.02 Å². The maximum Gasteiger partial charge on any atom is 0.287 e. The third-order valence-electron chi connectivity index (χ3n) is 2.54. The average molecular weight is 218 g/mol. The Balaban J connectivity index is 1.92. The third-order valence-corrected chi connectivity index (χ3v) is 2.54. The molecule has 86 valence electrons. The van der Waals surface area contributed by atoms with Crippen molar-refractivity contribution in [2.75, 3.05) is 19.7 Å². The van der Waals surface area contributed by atoms with Crippen LogP contribution in [-0.2, 0) is 11.3 Å². The Morgan fingerprint density at radius 3 is 2.88 bits per heavy atom. The van der Waals surface area contributed by atoms with Gasteiger partial charge in [-0.05, 0) is 12.0 Å². The largest absolute Gasteiger partial charge is 0.465 e. The first-order valence-electron chi connectivity index (χ1n) is 5.86. The van der Waals surface area contributed by atoms with Crippen molar-refractivity contribution in [1.82, 2.24) is 4.90 Å². The van der Waals surface area contributed by atoms with Crippen molar-refractivity contribution in [3.05, 3.63) is 35.9 Å². The predicted octanol–water partition coefficient (Wildman–Crippen LogP) is 2.28. The van der Waals surface area contributed by atoms with Crippen molar-refractivity contribution in [3.8, 4) is 0 Å². The molecule has 0 spiro atoms. The van der Waals surface area contributed by atoms with Crippen LogP contribution in [0.25, 0.3) is 0 Å². The van der Waals surface area contributed by atoms with E-state index < -0.39 is 0 Å². The van der Waals surface area contributed by atoms with Gasteiger partial charge in [0.15, 0.2) is 0 Å². The smallest absolute Gasteiger partial charge is 0.287 e. The molecule has 0 atom stereocenters. The summed E-state index contributed by atoms with van der Waals surface area (Å²) in [5.41, 5.74) is 1.30. The molecule has 0 N–H and O–H groups in total. The van der Waals surface area contributed by atoms with Crippen molar-refractivity contribution >= 4 is 6.02 Å². The van der Waals surface area contributed by atoms with E-state index in [-0.39, 0.29) is 0 Å². The fourth-order valence-electron chi connectivity index (χ4n) is 1.74. The van der Waals surface area contributed by atoms with Crippen molar-refractivity contribution < 1.29 is 4.74 Å². The highest BCUT2D eigenvalue weighted by Crippen LogP contribution is 2.10. The van der Waals surface area contributed by atoms with Gasteiger partial charge in [-0.15, -0.1) is 0 Å². The highest BCUT2D eigenvalue weighted by molar-refractivity contribution is 5.75. The van der Waals surface area contributed by atoms with Crippen LogP contribution < -0.4 is 0 Å². The monoisotopic (exact) mass is 218 g/mol. The molecule has 3 nitrogen and oxygen atoms in total. The van der Waals surface area contributed by atoms with Gasteiger partial charge in [-0.3, -0.25) is 0 Å². The molecule has 0 unspecified atom stereocenters. The van der Waals surface area contributed by atoms with Crippen molar-refractivity contribution in [2.24, 2.45) is 4.99 Å². The number of aliphatic imine (C=N–C) groups is 1. The molecule has 16 heavy (non-hydrogen) atoms. The van der Waals surface area contributed by atoms with Gasteiger partial charge < -0.3 is 9.64 Å². The van der Waals surface area contributed by atoms with Gasteiger partial charge in [0, 0.05) is 13.1 Å². The molecule has 0 radical (unpaired) electrons. The number of ether oxygens (including phenoxy) is 1. The molecule has 1 aliphatic heterocycles. The van der Waals surface area contributed by atoms with Gasteiger partial charge in [0.05, 0.1) is 13.2 Å². The number of benzene rings is 1. The molecule has 2 rings (SSSR count). The number of hydrogen-bond acceptors (Lipinski definition) is 3. The first kappa shape index (κ1) is 11.0. The van der Waals surface area contributed by atoms with E-state index in [0.29, 0.717) is 0 Å². The van der Waals surface area contributed by atoms with E-state index in [1.54, 1.807) is 0 Å². The Hall–Kier alpha value is -1.51. The van der Waals surface area contributed by atoms with E-state index >= 15 is 0 Å². The summed E-state index contributed by atoms with van der Waals surface area (Å²) in [5, 5.41) is 0. The number of amidine groups is 1. The molecule has 0 saturated heterocycles. The first-order valence-corrected chi connectivity index (χ1v) is 5.86. The maximum absolute atomic E-state index is 5.61. The SMILES string of the molecule is CCCOC1=NCCN1Cc1ccccc1. The van der Waals surface area contributed by atoms with Gasteiger partial charge in [-0.2, -0.15) is 0 Å². The second-order valence-corrected chi connectivity index (χ2v) is 3.92. The lowest BCUT2D eigenvalue weighted by Gasteiger charge is -2.19. The molecule has 0 fully saturated rings. The van der Waals surface area contributed by atoms with Crippen LogP contribution >= 0.6 is 0 Å². The second kappa shape index (κ2) is 5.54. The summed E-state index contributed by atoms with van der Waals surface area (Å²) in [6, 6.07) is 11.2. The molecule has 1 aromatic rings. The van der Waals surface area contributed by atoms with E-state index in [1.807, 2.05) is 6.07 Å². The van der Waals surface area contributed by atoms with Crippen LogP contribution in [0.4, 0.5) is 0 Å². The zero-order chi connectivity index (χ0) is 11.2. The van der Waals surface area contributed by atoms with Crippen LogP contribution in [0.5, 0.6) is 0 Å².